The molecule has 5 rings (SSSR count). The minimum Gasteiger partial charge on any atom is -0.311 e. The monoisotopic (exact) mass is 438 g/mol. The summed E-state index contributed by atoms with van der Waals surface area (Å²) in [6.07, 6.45) is 3.14. The first-order chi connectivity index (χ1) is 15.5. The largest absolute Gasteiger partial charge is 0.311 e. The zero-order chi connectivity index (χ0) is 22.3. The van der Waals surface area contributed by atoms with Gasteiger partial charge < -0.3 is 5.32 Å². The molecule has 2 saturated heterocycles. The molecule has 2 fully saturated rings. The summed E-state index contributed by atoms with van der Waals surface area (Å²) in [4.78, 5) is 15.2. The first kappa shape index (κ1) is 21.2. The lowest BCUT2D eigenvalue weighted by molar-refractivity contribution is -0.135. The van der Waals surface area contributed by atoms with Crippen molar-refractivity contribution in [3.8, 4) is 0 Å². The second kappa shape index (κ2) is 8.37. The van der Waals surface area contributed by atoms with Gasteiger partial charge in [0, 0.05) is 44.1 Å². The number of benzene rings is 2. The minimum atomic E-state index is -0.710. The molecule has 3 heterocycles. The van der Waals surface area contributed by atoms with Crippen LogP contribution < -0.4 is 5.32 Å². The Bertz CT molecular complexity index is 1040. The predicted molar refractivity (Wildman–Crippen MR) is 119 cm³/mol. The van der Waals surface area contributed by atoms with Crippen LogP contribution in [0.4, 0.5) is 8.78 Å². The SMILES string of the molecule is CC(=O)N1N=C(c2cc(F)ccc2F)C[C@@]1(CCCN1CC2CC1CN2)c1ccccc1. The third-order valence-corrected chi connectivity index (χ3v) is 7.14. The van der Waals surface area contributed by atoms with Gasteiger partial charge in [-0.05, 0) is 49.6 Å². The van der Waals surface area contributed by atoms with Crippen LogP contribution in [0, 0.1) is 11.6 Å². The van der Waals surface area contributed by atoms with E-state index in [4.69, 9.17) is 0 Å². The number of likely N-dealkylation sites (tertiary alicyclic amines) is 1. The number of rotatable bonds is 6. The molecule has 3 aliphatic rings. The van der Waals surface area contributed by atoms with Crippen LogP contribution in [-0.4, -0.2) is 53.2 Å². The van der Waals surface area contributed by atoms with E-state index >= 15 is 0 Å². The molecule has 2 bridgehead atoms. The van der Waals surface area contributed by atoms with Crippen molar-refractivity contribution in [3.63, 3.8) is 0 Å². The molecule has 2 aromatic rings. The number of hydrogen-bond donors (Lipinski definition) is 1. The maximum absolute atomic E-state index is 14.6. The minimum absolute atomic E-state index is 0.122. The highest BCUT2D eigenvalue weighted by Crippen LogP contribution is 2.43. The van der Waals surface area contributed by atoms with Crippen LogP contribution in [0.2, 0.25) is 0 Å². The van der Waals surface area contributed by atoms with Crippen LogP contribution in [0.3, 0.4) is 0 Å². The summed E-state index contributed by atoms with van der Waals surface area (Å²) >= 11 is 0. The van der Waals surface area contributed by atoms with Gasteiger partial charge in [-0.3, -0.25) is 9.69 Å². The van der Waals surface area contributed by atoms with Crippen molar-refractivity contribution < 1.29 is 13.6 Å². The number of nitrogens with zero attached hydrogens (tertiary/aromatic N) is 3. The van der Waals surface area contributed by atoms with Gasteiger partial charge in [0.15, 0.2) is 0 Å². The Morgan fingerprint density at radius 1 is 1.22 bits per heavy atom. The van der Waals surface area contributed by atoms with E-state index in [2.05, 4.69) is 15.3 Å². The second-order valence-corrected chi connectivity index (χ2v) is 9.17. The summed E-state index contributed by atoms with van der Waals surface area (Å²) in [5.41, 5.74) is 0.788. The Morgan fingerprint density at radius 3 is 2.72 bits per heavy atom. The maximum atomic E-state index is 14.6. The molecule has 3 atom stereocenters. The summed E-state index contributed by atoms with van der Waals surface area (Å²) in [7, 11) is 0. The molecule has 0 aliphatic carbocycles. The number of piperazine rings is 1. The molecule has 2 unspecified atom stereocenters. The smallest absolute Gasteiger partial charge is 0.240 e. The van der Waals surface area contributed by atoms with Gasteiger partial charge in [-0.1, -0.05) is 30.3 Å². The third-order valence-electron chi connectivity index (χ3n) is 7.14. The molecule has 168 valence electrons. The number of carbonyl (C=O) groups is 1. The Labute approximate surface area is 187 Å². The third kappa shape index (κ3) is 3.73. The van der Waals surface area contributed by atoms with Crippen molar-refractivity contribution in [3.05, 3.63) is 71.3 Å². The van der Waals surface area contributed by atoms with Gasteiger partial charge in [0.2, 0.25) is 5.91 Å². The van der Waals surface area contributed by atoms with Crippen LogP contribution in [0.25, 0.3) is 0 Å². The van der Waals surface area contributed by atoms with Gasteiger partial charge >= 0.3 is 0 Å². The quantitative estimate of drug-likeness (QED) is 0.749. The molecular formula is C25H28F2N4O. The second-order valence-electron chi connectivity index (χ2n) is 9.17. The molecule has 0 saturated carbocycles. The number of nitrogens with one attached hydrogen (secondary N) is 1. The molecule has 7 heteroatoms. The van der Waals surface area contributed by atoms with Crippen molar-refractivity contribution in [2.75, 3.05) is 19.6 Å². The van der Waals surface area contributed by atoms with E-state index in [1.54, 1.807) is 0 Å². The maximum Gasteiger partial charge on any atom is 0.240 e. The fourth-order valence-electron chi connectivity index (χ4n) is 5.65. The van der Waals surface area contributed by atoms with E-state index in [0.717, 1.165) is 43.8 Å². The molecule has 5 nitrogen and oxygen atoms in total. The van der Waals surface area contributed by atoms with Crippen molar-refractivity contribution in [1.82, 2.24) is 15.2 Å². The highest BCUT2D eigenvalue weighted by molar-refractivity contribution is 6.03. The van der Waals surface area contributed by atoms with Crippen LogP contribution in [0.15, 0.2) is 53.6 Å². The van der Waals surface area contributed by atoms with Crippen molar-refractivity contribution in [2.45, 2.75) is 50.2 Å². The number of halogens is 2. The lowest BCUT2D eigenvalue weighted by Gasteiger charge is -2.37. The zero-order valence-electron chi connectivity index (χ0n) is 18.2. The molecule has 0 aromatic heterocycles. The fourth-order valence-corrected chi connectivity index (χ4v) is 5.65. The van der Waals surface area contributed by atoms with Crippen LogP contribution >= 0.6 is 0 Å². The van der Waals surface area contributed by atoms with E-state index in [-0.39, 0.29) is 11.5 Å². The number of fused-ring (bicyclic) bond motifs is 2. The fraction of sp³-hybridized carbons (Fsp3) is 0.440. The summed E-state index contributed by atoms with van der Waals surface area (Å²) < 4.78 is 28.5. The Hall–Kier alpha value is -2.64. The van der Waals surface area contributed by atoms with E-state index in [0.29, 0.717) is 30.6 Å². The average Bonchev–Trinajstić information content (AvgIpc) is 3.51. The van der Waals surface area contributed by atoms with Crippen LogP contribution in [0.5, 0.6) is 0 Å². The molecule has 0 radical (unpaired) electrons. The van der Waals surface area contributed by atoms with Crippen molar-refractivity contribution in [1.29, 1.82) is 0 Å². The highest BCUT2D eigenvalue weighted by Gasteiger charge is 2.47. The van der Waals surface area contributed by atoms with Gasteiger partial charge in [-0.2, -0.15) is 5.10 Å². The van der Waals surface area contributed by atoms with Crippen molar-refractivity contribution >= 4 is 11.6 Å². The predicted octanol–water partition coefficient (Wildman–Crippen LogP) is 3.64. The van der Waals surface area contributed by atoms with Gasteiger partial charge in [0.1, 0.15) is 11.6 Å². The molecule has 1 N–H and O–H groups in total. The van der Waals surface area contributed by atoms with Gasteiger partial charge in [0.25, 0.3) is 0 Å². The van der Waals surface area contributed by atoms with Gasteiger partial charge in [-0.25, -0.2) is 13.8 Å². The summed E-state index contributed by atoms with van der Waals surface area (Å²) in [6, 6.07) is 14.4. The molecular weight excluding hydrogens is 410 g/mol. The number of hydrazone groups is 1. The number of carbonyl (C=O) groups excluding carboxylic acids is 1. The summed E-state index contributed by atoms with van der Waals surface area (Å²) in [5, 5.41) is 9.58. The average molecular weight is 439 g/mol. The lowest BCUT2D eigenvalue weighted by atomic mass is 9.80. The number of amides is 1. The van der Waals surface area contributed by atoms with Gasteiger partial charge in [0.05, 0.1) is 11.3 Å². The van der Waals surface area contributed by atoms with E-state index in [9.17, 15) is 13.6 Å². The molecule has 32 heavy (non-hydrogen) atoms. The first-order valence-corrected chi connectivity index (χ1v) is 11.3. The summed E-state index contributed by atoms with van der Waals surface area (Å²) in [6.45, 7) is 4.54. The normalized spacial score (nSPS) is 27.2. The lowest BCUT2D eigenvalue weighted by Crippen LogP contribution is -2.45. The van der Waals surface area contributed by atoms with E-state index in [1.165, 1.54) is 24.4 Å². The Morgan fingerprint density at radius 2 is 2.03 bits per heavy atom. The van der Waals surface area contributed by atoms with Gasteiger partial charge in [-0.15, -0.1) is 0 Å². The molecule has 3 aliphatic heterocycles. The summed E-state index contributed by atoms with van der Waals surface area (Å²) in [5.74, 6) is -1.25. The topological polar surface area (TPSA) is 47.9 Å². The first-order valence-electron chi connectivity index (χ1n) is 11.3. The number of hydrogen-bond acceptors (Lipinski definition) is 4. The molecule has 1 amide bonds. The van der Waals surface area contributed by atoms with Crippen molar-refractivity contribution in [2.24, 2.45) is 5.10 Å². The standard InChI is InChI=1S/C25H28F2N4O/c1-17(32)31-25(18-6-3-2-4-7-18,10-5-11-30-16-20-13-21(30)15-28-20)14-24(29-31)22-12-19(26)8-9-23(22)27/h2-4,6-9,12,20-21,28H,5,10-11,13-16H2,1H3/t20?,21?,25-/m0/s1. The van der Waals surface area contributed by atoms with E-state index in [1.807, 2.05) is 30.3 Å². The Balaban J connectivity index is 1.45. The van der Waals surface area contributed by atoms with Crippen LogP contribution in [-0.2, 0) is 10.3 Å². The highest BCUT2D eigenvalue weighted by atomic mass is 19.1. The van der Waals surface area contributed by atoms with E-state index < -0.39 is 17.2 Å². The Kier molecular flexibility index (Phi) is 5.55. The zero-order valence-corrected chi connectivity index (χ0v) is 18.2. The molecule has 0 spiro atoms. The molecule has 2 aromatic carbocycles. The van der Waals surface area contributed by atoms with Crippen LogP contribution in [0.1, 0.15) is 43.7 Å².